The molecule has 28 heavy (non-hydrogen) atoms. The third-order valence-corrected chi connectivity index (χ3v) is 11.1. The zero-order chi connectivity index (χ0) is 21.3. The summed E-state index contributed by atoms with van der Waals surface area (Å²) in [5, 5.41) is -0.0295. The van der Waals surface area contributed by atoms with Gasteiger partial charge >= 0.3 is 12.1 Å². The topological polar surface area (TPSA) is 29.5 Å². The molecule has 1 aliphatic carbocycles. The van der Waals surface area contributed by atoms with Gasteiger partial charge in [-0.25, -0.2) is 0 Å². The van der Waals surface area contributed by atoms with Gasteiger partial charge < -0.3 is 9.33 Å². The normalized spacial score (nSPS) is 20.2. The van der Waals surface area contributed by atoms with Gasteiger partial charge in [-0.15, -0.1) is 0 Å². The van der Waals surface area contributed by atoms with Crippen LogP contribution in [0.1, 0.15) is 38.7 Å². The van der Waals surface area contributed by atoms with Crippen LogP contribution in [0.25, 0.3) is 0 Å². The Labute approximate surface area is 180 Å². The monoisotopic (exact) mass is 527 g/mol. The fraction of sp³-hybridized carbons (Fsp3) is 0.650. The predicted octanol–water partition coefficient (Wildman–Crippen LogP) is 5.81. The average molecular weight is 527 g/mol. The van der Waals surface area contributed by atoms with Crippen molar-refractivity contribution < 1.29 is 22.4 Å². The molecule has 1 aromatic carbocycles. The zero-order valence-corrected chi connectivity index (χ0v) is 20.2. The number of carbonyl (C=O) groups excluding carboxylic acids is 1. The summed E-state index contributed by atoms with van der Waals surface area (Å²) < 4.78 is 46.3. The number of hydrogen-bond donors (Lipinski definition) is 0. The molecule has 2 rings (SSSR count). The fourth-order valence-corrected chi connectivity index (χ4v) is 4.33. The lowest BCUT2D eigenvalue weighted by atomic mass is 10.1. The molecule has 0 spiro atoms. The Balaban J connectivity index is 1.99. The lowest BCUT2D eigenvalue weighted by Crippen LogP contribution is -2.46. The number of amides is 1. The first-order valence-electron chi connectivity index (χ1n) is 9.48. The first-order valence-corrected chi connectivity index (χ1v) is 13.5. The molecular weight excluding hydrogens is 498 g/mol. The van der Waals surface area contributed by atoms with Crippen molar-refractivity contribution in [2.24, 2.45) is 5.92 Å². The minimum atomic E-state index is -4.86. The van der Waals surface area contributed by atoms with Crippen LogP contribution >= 0.6 is 22.6 Å². The van der Waals surface area contributed by atoms with Crippen molar-refractivity contribution in [1.29, 1.82) is 0 Å². The second-order valence-electron chi connectivity index (χ2n) is 9.01. The molecule has 158 valence electrons. The third-order valence-electron chi connectivity index (χ3n) is 5.84. The highest BCUT2D eigenvalue weighted by Gasteiger charge is 2.46. The van der Waals surface area contributed by atoms with Crippen LogP contribution in [0, 0.1) is 9.49 Å². The standard InChI is InChI=1S/C20H29F3INO2Si/c1-19(2,3)28(4,5)27-11-10-25(18(26)20(21,22)23)13-15-12-17(15)14-6-8-16(24)9-7-14/h6-9,15,17H,10-13H2,1-5H3/t15-,17-/m0/s1. The van der Waals surface area contributed by atoms with Gasteiger partial charge in [-0.3, -0.25) is 4.79 Å². The Morgan fingerprint density at radius 1 is 1.21 bits per heavy atom. The Hall–Kier alpha value is -0.613. The molecule has 2 atom stereocenters. The Morgan fingerprint density at radius 2 is 1.79 bits per heavy atom. The maximum Gasteiger partial charge on any atom is 0.471 e. The molecule has 1 fully saturated rings. The van der Waals surface area contributed by atoms with Gasteiger partial charge in [0.25, 0.3) is 0 Å². The molecule has 0 aliphatic heterocycles. The summed E-state index contributed by atoms with van der Waals surface area (Å²) in [6.45, 7) is 10.6. The zero-order valence-electron chi connectivity index (χ0n) is 17.1. The van der Waals surface area contributed by atoms with Crippen LogP contribution in [0.15, 0.2) is 24.3 Å². The largest absolute Gasteiger partial charge is 0.471 e. The van der Waals surface area contributed by atoms with Crippen LogP contribution in [0.5, 0.6) is 0 Å². The first kappa shape index (κ1) is 23.7. The number of halogens is 4. The second kappa shape index (κ2) is 8.63. The second-order valence-corrected chi connectivity index (χ2v) is 15.1. The van der Waals surface area contributed by atoms with E-state index in [2.05, 4.69) is 56.5 Å². The molecule has 3 nitrogen and oxygen atoms in total. The molecule has 0 heterocycles. The van der Waals surface area contributed by atoms with Crippen molar-refractivity contribution in [1.82, 2.24) is 4.90 Å². The number of carbonyl (C=O) groups is 1. The molecule has 0 N–H and O–H groups in total. The first-order chi connectivity index (χ1) is 12.7. The molecule has 0 aromatic heterocycles. The Morgan fingerprint density at radius 3 is 2.29 bits per heavy atom. The quantitative estimate of drug-likeness (QED) is 0.331. The Bertz CT molecular complexity index is 686. The average Bonchev–Trinajstić information content (AvgIpc) is 3.31. The molecule has 1 amide bonds. The highest BCUT2D eigenvalue weighted by Crippen LogP contribution is 2.48. The molecule has 0 unspecified atom stereocenters. The van der Waals surface area contributed by atoms with Crippen LogP contribution in [0.3, 0.4) is 0 Å². The highest BCUT2D eigenvalue weighted by molar-refractivity contribution is 14.1. The lowest BCUT2D eigenvalue weighted by Gasteiger charge is -2.37. The number of alkyl halides is 3. The van der Waals surface area contributed by atoms with Crippen molar-refractivity contribution in [3.8, 4) is 0 Å². The highest BCUT2D eigenvalue weighted by atomic mass is 127. The van der Waals surface area contributed by atoms with E-state index in [4.69, 9.17) is 4.43 Å². The molecule has 1 aromatic rings. The van der Waals surface area contributed by atoms with E-state index in [9.17, 15) is 18.0 Å². The van der Waals surface area contributed by atoms with Gasteiger partial charge in [0.15, 0.2) is 8.32 Å². The molecule has 0 bridgehead atoms. The molecule has 8 heteroatoms. The van der Waals surface area contributed by atoms with E-state index < -0.39 is 20.4 Å². The number of hydrogen-bond acceptors (Lipinski definition) is 2. The fourth-order valence-electron chi connectivity index (χ4n) is 2.93. The maximum atomic E-state index is 13.1. The van der Waals surface area contributed by atoms with Gasteiger partial charge in [0, 0.05) is 16.7 Å². The Kier molecular flexibility index (Phi) is 7.29. The van der Waals surface area contributed by atoms with Crippen molar-refractivity contribution in [3.05, 3.63) is 33.4 Å². The van der Waals surface area contributed by atoms with Crippen LogP contribution < -0.4 is 0 Å². The van der Waals surface area contributed by atoms with Gasteiger partial charge in [-0.2, -0.15) is 13.2 Å². The van der Waals surface area contributed by atoms with E-state index in [0.29, 0.717) is 0 Å². The summed E-state index contributed by atoms with van der Waals surface area (Å²) in [6, 6.07) is 8.03. The van der Waals surface area contributed by atoms with E-state index in [-0.39, 0.29) is 36.6 Å². The summed E-state index contributed by atoms with van der Waals surface area (Å²) in [6.07, 6.45) is -4.05. The van der Waals surface area contributed by atoms with Gasteiger partial charge in [0.2, 0.25) is 0 Å². The van der Waals surface area contributed by atoms with Crippen LogP contribution in [-0.2, 0) is 9.22 Å². The van der Waals surface area contributed by atoms with Crippen LogP contribution in [-0.4, -0.2) is 45.0 Å². The summed E-state index contributed by atoms with van der Waals surface area (Å²) in [5.41, 5.74) is 1.13. The molecule has 1 aliphatic rings. The van der Waals surface area contributed by atoms with E-state index >= 15 is 0 Å². The summed E-state index contributed by atoms with van der Waals surface area (Å²) >= 11 is 2.22. The smallest absolute Gasteiger partial charge is 0.415 e. The van der Waals surface area contributed by atoms with E-state index in [1.807, 2.05) is 24.3 Å². The van der Waals surface area contributed by atoms with Crippen molar-refractivity contribution in [2.45, 2.75) is 57.4 Å². The van der Waals surface area contributed by atoms with Gasteiger partial charge in [-0.05, 0) is 76.7 Å². The van der Waals surface area contributed by atoms with E-state index in [0.717, 1.165) is 20.5 Å². The lowest BCUT2D eigenvalue weighted by molar-refractivity contribution is -0.186. The minimum absolute atomic E-state index is 0.0270. The third kappa shape index (κ3) is 6.19. The minimum Gasteiger partial charge on any atom is -0.415 e. The number of benzene rings is 1. The number of nitrogens with zero attached hydrogens (tertiary/aromatic N) is 1. The van der Waals surface area contributed by atoms with Crippen molar-refractivity contribution in [3.63, 3.8) is 0 Å². The van der Waals surface area contributed by atoms with Crippen LogP contribution in [0.4, 0.5) is 13.2 Å². The molecule has 0 saturated heterocycles. The number of rotatable bonds is 7. The van der Waals surface area contributed by atoms with Gasteiger partial charge in [0.05, 0.1) is 6.61 Å². The van der Waals surface area contributed by atoms with Gasteiger partial charge in [0.1, 0.15) is 0 Å². The summed E-state index contributed by atoms with van der Waals surface area (Å²) in [4.78, 5) is 12.9. The van der Waals surface area contributed by atoms with E-state index in [1.165, 1.54) is 0 Å². The summed E-state index contributed by atoms with van der Waals surface area (Å²) in [7, 11) is -2.07. The van der Waals surface area contributed by atoms with E-state index in [1.54, 1.807) is 0 Å². The van der Waals surface area contributed by atoms with Crippen molar-refractivity contribution in [2.75, 3.05) is 19.7 Å². The molecule has 0 radical (unpaired) electrons. The maximum absolute atomic E-state index is 13.1. The summed E-state index contributed by atoms with van der Waals surface area (Å²) in [5.74, 6) is -1.47. The molecular formula is C20H29F3INO2Si. The molecule has 1 saturated carbocycles. The van der Waals surface area contributed by atoms with Crippen LogP contribution in [0.2, 0.25) is 18.1 Å². The van der Waals surface area contributed by atoms with Crippen molar-refractivity contribution >= 4 is 36.8 Å². The van der Waals surface area contributed by atoms with Gasteiger partial charge in [-0.1, -0.05) is 32.9 Å². The SMILES string of the molecule is CC(C)(C)[Si](C)(C)OCCN(C[C@@H]1C[C@H]1c1ccc(I)cc1)C(=O)C(F)(F)F. The predicted molar refractivity (Wildman–Crippen MR) is 116 cm³/mol.